The summed E-state index contributed by atoms with van der Waals surface area (Å²) in [6.45, 7) is 1.39. The molecule has 1 aliphatic rings. The Morgan fingerprint density at radius 3 is 2.65 bits per heavy atom. The zero-order valence-electron chi connectivity index (χ0n) is 14.8. The van der Waals surface area contributed by atoms with Crippen molar-refractivity contribution < 1.29 is 4.79 Å². The molecule has 1 aliphatic heterocycles. The second-order valence-electron chi connectivity index (χ2n) is 6.75. The molecule has 5 heteroatoms. The first-order valence-electron chi connectivity index (χ1n) is 8.92. The number of nitrogens with zero attached hydrogens (tertiary/aromatic N) is 3. The number of hydrogen-bond donors (Lipinski definition) is 0. The highest BCUT2D eigenvalue weighted by atomic mass is 16.2. The molecule has 5 nitrogen and oxygen atoms in total. The van der Waals surface area contributed by atoms with Crippen molar-refractivity contribution in [2.24, 2.45) is 7.05 Å². The second kappa shape index (κ2) is 6.75. The Labute approximate surface area is 151 Å². The summed E-state index contributed by atoms with van der Waals surface area (Å²) >= 11 is 0. The first-order valence-corrected chi connectivity index (χ1v) is 8.92. The monoisotopic (exact) mass is 347 g/mol. The summed E-state index contributed by atoms with van der Waals surface area (Å²) in [4.78, 5) is 31.5. The lowest BCUT2D eigenvalue weighted by Crippen LogP contribution is -2.36. The van der Waals surface area contributed by atoms with Crippen LogP contribution in [0.5, 0.6) is 0 Å². The topological polar surface area (TPSA) is 55.2 Å². The predicted octanol–water partition coefficient (Wildman–Crippen LogP) is 2.45. The minimum atomic E-state index is -0.125. The molecule has 2 heterocycles. The third-order valence-electron chi connectivity index (χ3n) is 5.11. The molecule has 132 valence electrons. The molecule has 1 amide bonds. The Bertz CT molecular complexity index is 1040. The lowest BCUT2D eigenvalue weighted by molar-refractivity contribution is -0.132. The maximum atomic E-state index is 12.6. The van der Waals surface area contributed by atoms with E-state index in [4.69, 9.17) is 0 Å². The van der Waals surface area contributed by atoms with Crippen LogP contribution in [-0.2, 0) is 31.2 Å². The summed E-state index contributed by atoms with van der Waals surface area (Å²) in [5.74, 6) is 0.0801. The van der Waals surface area contributed by atoms with Crippen LogP contribution in [0, 0.1) is 0 Å². The van der Waals surface area contributed by atoms with Gasteiger partial charge in [-0.2, -0.15) is 0 Å². The van der Waals surface area contributed by atoms with Crippen molar-refractivity contribution in [1.82, 2.24) is 14.5 Å². The highest BCUT2D eigenvalue weighted by molar-refractivity contribution is 5.77. The highest BCUT2D eigenvalue weighted by Gasteiger charge is 2.20. The quantitative estimate of drug-likeness (QED) is 0.731. The van der Waals surface area contributed by atoms with Crippen molar-refractivity contribution in [2.75, 3.05) is 6.54 Å². The molecule has 0 fully saturated rings. The Hall–Kier alpha value is -2.95. The molecule has 4 rings (SSSR count). The highest BCUT2D eigenvalue weighted by Crippen LogP contribution is 2.19. The van der Waals surface area contributed by atoms with Crippen LogP contribution in [0.1, 0.15) is 23.2 Å². The van der Waals surface area contributed by atoms with Crippen LogP contribution in [0.15, 0.2) is 53.3 Å². The Morgan fingerprint density at radius 2 is 1.81 bits per heavy atom. The van der Waals surface area contributed by atoms with E-state index in [0.717, 1.165) is 24.0 Å². The number of benzene rings is 2. The van der Waals surface area contributed by atoms with E-state index >= 15 is 0 Å². The average molecular weight is 347 g/mol. The molecule has 3 aromatic rings. The van der Waals surface area contributed by atoms with Gasteiger partial charge in [-0.3, -0.25) is 9.59 Å². The number of aromatic nitrogens is 2. The molecule has 0 aliphatic carbocycles. The van der Waals surface area contributed by atoms with Crippen LogP contribution in [0.4, 0.5) is 0 Å². The van der Waals surface area contributed by atoms with E-state index in [1.165, 1.54) is 11.1 Å². The third kappa shape index (κ3) is 3.01. The zero-order valence-corrected chi connectivity index (χ0v) is 14.8. The first kappa shape index (κ1) is 16.5. The lowest BCUT2D eigenvalue weighted by atomic mass is 9.99. The van der Waals surface area contributed by atoms with E-state index < -0.39 is 0 Å². The minimum Gasteiger partial charge on any atom is -0.338 e. The number of fused-ring (bicyclic) bond motifs is 2. The number of carbonyl (C=O) groups excluding carboxylic acids is 1. The molecule has 2 aromatic carbocycles. The number of amides is 1. The van der Waals surface area contributed by atoms with Crippen molar-refractivity contribution in [1.29, 1.82) is 0 Å². The van der Waals surface area contributed by atoms with Gasteiger partial charge < -0.3 is 9.47 Å². The maximum absolute atomic E-state index is 12.6. The number of rotatable bonds is 3. The lowest BCUT2D eigenvalue weighted by Gasteiger charge is -2.29. The molecule has 26 heavy (non-hydrogen) atoms. The van der Waals surface area contributed by atoms with Gasteiger partial charge in [0.1, 0.15) is 5.69 Å². The van der Waals surface area contributed by atoms with Crippen molar-refractivity contribution in [3.8, 4) is 0 Å². The molecule has 0 atom stereocenters. The molecule has 0 unspecified atom stereocenters. The number of carbonyl (C=O) groups is 1. The van der Waals surface area contributed by atoms with E-state index in [1.807, 2.05) is 41.3 Å². The van der Waals surface area contributed by atoms with Gasteiger partial charge in [0, 0.05) is 33.0 Å². The summed E-state index contributed by atoms with van der Waals surface area (Å²) in [6.07, 6.45) is 1.56. The van der Waals surface area contributed by atoms with Gasteiger partial charge >= 0.3 is 0 Å². The Balaban J connectivity index is 1.49. The average Bonchev–Trinajstić information content (AvgIpc) is 2.69. The van der Waals surface area contributed by atoms with E-state index in [-0.39, 0.29) is 11.5 Å². The summed E-state index contributed by atoms with van der Waals surface area (Å²) in [5.41, 5.74) is 4.45. The van der Waals surface area contributed by atoms with Gasteiger partial charge in [-0.15, -0.1) is 0 Å². The number of aryl methyl sites for hydroxylation is 2. The molecule has 0 spiro atoms. The van der Waals surface area contributed by atoms with Gasteiger partial charge in [0.2, 0.25) is 5.91 Å². The third-order valence-corrected chi connectivity index (χ3v) is 5.11. The van der Waals surface area contributed by atoms with Gasteiger partial charge in [-0.25, -0.2) is 4.98 Å². The first-order chi connectivity index (χ1) is 12.6. The van der Waals surface area contributed by atoms with Crippen LogP contribution in [0.25, 0.3) is 11.0 Å². The van der Waals surface area contributed by atoms with E-state index in [2.05, 4.69) is 17.1 Å². The fourth-order valence-corrected chi connectivity index (χ4v) is 3.59. The van der Waals surface area contributed by atoms with E-state index in [0.29, 0.717) is 25.1 Å². The molecule has 0 bridgehead atoms. The molecular weight excluding hydrogens is 326 g/mol. The Kier molecular flexibility index (Phi) is 4.29. The number of hydrogen-bond acceptors (Lipinski definition) is 3. The zero-order chi connectivity index (χ0) is 18.1. The van der Waals surface area contributed by atoms with Gasteiger partial charge in [-0.05, 0) is 29.7 Å². The molecule has 0 saturated heterocycles. The van der Waals surface area contributed by atoms with Crippen LogP contribution < -0.4 is 5.56 Å². The van der Waals surface area contributed by atoms with E-state index in [1.54, 1.807) is 11.6 Å². The fourth-order valence-electron chi connectivity index (χ4n) is 3.59. The standard InChI is InChI=1S/C21H21N3O2/c1-23-19-9-5-4-8-17(19)22-18(21(23)26)10-11-20(25)24-13-12-15-6-2-3-7-16(15)14-24/h2-9H,10-14H2,1H3. The number of para-hydroxylation sites is 2. The van der Waals surface area contributed by atoms with Crippen LogP contribution >= 0.6 is 0 Å². The second-order valence-corrected chi connectivity index (χ2v) is 6.75. The molecule has 0 saturated carbocycles. The van der Waals surface area contributed by atoms with Gasteiger partial charge in [0.05, 0.1) is 11.0 Å². The van der Waals surface area contributed by atoms with Crippen LogP contribution in [0.3, 0.4) is 0 Å². The summed E-state index contributed by atoms with van der Waals surface area (Å²) in [7, 11) is 1.75. The van der Waals surface area contributed by atoms with Gasteiger partial charge in [0.15, 0.2) is 0 Å². The van der Waals surface area contributed by atoms with Gasteiger partial charge in [-0.1, -0.05) is 36.4 Å². The molecule has 0 radical (unpaired) electrons. The fraction of sp³-hybridized carbons (Fsp3) is 0.286. The largest absolute Gasteiger partial charge is 0.338 e. The Morgan fingerprint density at radius 1 is 1.08 bits per heavy atom. The summed E-state index contributed by atoms with van der Waals surface area (Å²) < 4.78 is 1.61. The molecule has 0 N–H and O–H groups in total. The maximum Gasteiger partial charge on any atom is 0.272 e. The minimum absolute atomic E-state index is 0.0801. The van der Waals surface area contributed by atoms with Crippen LogP contribution in [0.2, 0.25) is 0 Å². The van der Waals surface area contributed by atoms with Gasteiger partial charge in [0.25, 0.3) is 5.56 Å². The van der Waals surface area contributed by atoms with Crippen molar-refractivity contribution in [2.45, 2.75) is 25.8 Å². The summed E-state index contributed by atoms with van der Waals surface area (Å²) in [6, 6.07) is 15.8. The van der Waals surface area contributed by atoms with E-state index in [9.17, 15) is 9.59 Å². The SMILES string of the molecule is Cn1c(=O)c(CCC(=O)N2CCc3ccccc3C2)nc2ccccc21. The van der Waals surface area contributed by atoms with Crippen LogP contribution in [-0.4, -0.2) is 26.9 Å². The predicted molar refractivity (Wildman–Crippen MR) is 101 cm³/mol. The smallest absolute Gasteiger partial charge is 0.272 e. The molecular formula is C21H21N3O2. The van der Waals surface area contributed by atoms with Crippen molar-refractivity contribution in [3.63, 3.8) is 0 Å². The van der Waals surface area contributed by atoms with Crippen molar-refractivity contribution >= 4 is 16.9 Å². The molecule has 1 aromatic heterocycles. The summed E-state index contributed by atoms with van der Waals surface area (Å²) in [5, 5.41) is 0. The van der Waals surface area contributed by atoms with Crippen molar-refractivity contribution in [3.05, 3.63) is 75.7 Å². The normalized spacial score (nSPS) is 13.7.